The molecule has 158 valence electrons. The minimum Gasteiger partial charge on any atom is -0.331 e. The van der Waals surface area contributed by atoms with Gasteiger partial charge in [-0.1, -0.05) is 0 Å². The molecule has 4 aliphatic rings. The standard InChI is InChI=1S/C15H25N2.2ClHO4/c1-3-7-16-11-13-9-12(14(16)5-1)10-17-8-4-2-6-15(13)17;2*2-1(3,4)5/h12-14H,1-11H2;2*(H,2,3,4,5)/q+1;;/p-1/t12-,13-,14-;;/m0../s1. The van der Waals surface area contributed by atoms with Crippen LogP contribution in [0.1, 0.15) is 44.9 Å². The third kappa shape index (κ3) is 8.42. The summed E-state index contributed by atoms with van der Waals surface area (Å²) >= 11 is 0. The zero-order valence-electron chi connectivity index (χ0n) is 15.0. The minimum absolute atomic E-state index is 0.971. The first kappa shape index (κ1) is 23.2. The Kier molecular flexibility index (Phi) is 8.23. The van der Waals surface area contributed by atoms with Gasteiger partial charge in [0.2, 0.25) is 0 Å². The number of hydrogen-bond acceptors (Lipinski definition) is 8. The second-order valence-electron chi connectivity index (χ2n) is 7.56. The second kappa shape index (κ2) is 9.59. The van der Waals surface area contributed by atoms with Crippen molar-refractivity contribution in [2.45, 2.75) is 51.0 Å². The van der Waals surface area contributed by atoms with Gasteiger partial charge < -0.3 is 4.90 Å². The molecule has 12 heteroatoms. The first-order chi connectivity index (χ1) is 12.4. The van der Waals surface area contributed by atoms with Crippen molar-refractivity contribution in [3.63, 3.8) is 0 Å². The minimum atomic E-state index is -4.94. The van der Waals surface area contributed by atoms with Crippen molar-refractivity contribution in [3.8, 4) is 0 Å². The Morgan fingerprint density at radius 1 is 0.852 bits per heavy atom. The molecule has 4 heterocycles. The number of hydrogen-bond donors (Lipinski definition) is 1. The maximum absolute atomic E-state index is 8.49. The molecule has 0 aromatic carbocycles. The van der Waals surface area contributed by atoms with Crippen LogP contribution in [0.4, 0.5) is 0 Å². The van der Waals surface area contributed by atoms with E-state index in [4.69, 9.17) is 37.3 Å². The van der Waals surface area contributed by atoms with Crippen molar-refractivity contribution in [3.05, 3.63) is 0 Å². The molecular formula is C15H26Cl2N2O8. The smallest absolute Gasteiger partial charge is 0.161 e. The van der Waals surface area contributed by atoms with Crippen molar-refractivity contribution in [1.29, 1.82) is 0 Å². The van der Waals surface area contributed by atoms with Crippen LogP contribution in [0.2, 0.25) is 0 Å². The number of nitrogens with zero attached hydrogens (tertiary/aromatic N) is 1. The van der Waals surface area contributed by atoms with Crippen LogP contribution in [0.25, 0.3) is 0 Å². The topological polar surface area (TPSA) is 192 Å². The number of rotatable bonds is 0. The molecule has 0 aromatic heterocycles. The fraction of sp³-hybridized carbons (Fsp3) is 0.933. The highest BCUT2D eigenvalue weighted by atomic mass is 35.7. The lowest BCUT2D eigenvalue weighted by molar-refractivity contribution is -2.00. The highest BCUT2D eigenvalue weighted by Crippen LogP contribution is 2.31. The van der Waals surface area contributed by atoms with E-state index in [2.05, 4.69) is 4.58 Å². The van der Waals surface area contributed by atoms with E-state index in [9.17, 15) is 0 Å². The lowest BCUT2D eigenvalue weighted by Gasteiger charge is -2.46. The molecule has 4 atom stereocenters. The van der Waals surface area contributed by atoms with Gasteiger partial charge in [-0.15, -0.1) is 20.5 Å². The number of piperidine rings is 2. The van der Waals surface area contributed by atoms with Crippen LogP contribution in [-0.4, -0.2) is 42.5 Å². The van der Waals surface area contributed by atoms with Crippen LogP contribution < -0.4 is 42.2 Å². The molecule has 1 N–H and O–H groups in total. The summed E-state index contributed by atoms with van der Waals surface area (Å²) in [5, 5.41) is 0. The highest BCUT2D eigenvalue weighted by Gasteiger charge is 2.49. The second-order valence-corrected chi connectivity index (χ2v) is 9.07. The van der Waals surface area contributed by atoms with Crippen molar-refractivity contribution < 1.29 is 67.2 Å². The fourth-order valence-electron chi connectivity index (χ4n) is 5.18. The molecule has 4 rings (SSSR count). The summed E-state index contributed by atoms with van der Waals surface area (Å²) < 4.78 is 70.7. The SMILES string of the molecule is C1CC[N+]2=C(C1)[C@H]1C[C@@H](C2)[C@@H]2CCCC[NH+]2C1.[O-][Cl+3]([O-])([O-])[O-].[O-][Cl+3]([O-])([O-])[O-]. The summed E-state index contributed by atoms with van der Waals surface area (Å²) in [6.45, 7) is 5.75. The molecule has 2 saturated heterocycles. The number of fused-ring (bicyclic) bond motifs is 5. The van der Waals surface area contributed by atoms with E-state index >= 15 is 0 Å². The zero-order valence-corrected chi connectivity index (χ0v) is 16.5. The van der Waals surface area contributed by atoms with E-state index in [-0.39, 0.29) is 0 Å². The lowest BCUT2D eigenvalue weighted by atomic mass is 9.73. The molecule has 0 saturated carbocycles. The number of halogens is 2. The van der Waals surface area contributed by atoms with Gasteiger partial charge in [-0.05, 0) is 25.7 Å². The van der Waals surface area contributed by atoms with Crippen LogP contribution in [0.15, 0.2) is 0 Å². The predicted molar refractivity (Wildman–Crippen MR) is 68.8 cm³/mol. The van der Waals surface area contributed by atoms with Gasteiger partial charge in [-0.3, -0.25) is 0 Å². The summed E-state index contributed by atoms with van der Waals surface area (Å²) in [4.78, 5) is 1.98. The van der Waals surface area contributed by atoms with Crippen LogP contribution in [0.3, 0.4) is 0 Å². The number of nitrogens with one attached hydrogen (secondary N) is 1. The monoisotopic (exact) mass is 432 g/mol. The quantitative estimate of drug-likeness (QED) is 0.364. The van der Waals surface area contributed by atoms with Crippen LogP contribution in [0, 0.1) is 32.3 Å². The molecule has 4 aliphatic heterocycles. The summed E-state index contributed by atoms with van der Waals surface area (Å²) in [5.41, 5.74) is 1.86. The molecule has 0 radical (unpaired) electrons. The summed E-state index contributed by atoms with van der Waals surface area (Å²) in [7, 11) is -9.89. The molecular weight excluding hydrogens is 407 g/mol. The van der Waals surface area contributed by atoms with E-state index in [0.717, 1.165) is 17.9 Å². The van der Waals surface area contributed by atoms with Crippen molar-refractivity contribution in [2.75, 3.05) is 26.2 Å². The molecule has 0 aromatic rings. The Balaban J connectivity index is 0.000000221. The molecule has 0 aliphatic carbocycles. The van der Waals surface area contributed by atoms with Gasteiger partial charge in [0, 0.05) is 19.3 Å². The van der Waals surface area contributed by atoms with Crippen molar-refractivity contribution in [1.82, 2.24) is 0 Å². The molecule has 0 amide bonds. The van der Waals surface area contributed by atoms with Crippen molar-refractivity contribution in [2.24, 2.45) is 11.8 Å². The van der Waals surface area contributed by atoms with E-state index < -0.39 is 20.5 Å². The fourth-order valence-corrected chi connectivity index (χ4v) is 5.18. The third-order valence-corrected chi connectivity index (χ3v) is 5.90. The van der Waals surface area contributed by atoms with E-state index in [1.165, 1.54) is 64.7 Å². The molecule has 27 heavy (non-hydrogen) atoms. The van der Waals surface area contributed by atoms with Gasteiger partial charge in [0.05, 0.1) is 31.0 Å². The largest absolute Gasteiger partial charge is 0.331 e. The summed E-state index contributed by atoms with van der Waals surface area (Å²) in [6.07, 6.45) is 10.4. The van der Waals surface area contributed by atoms with Gasteiger partial charge in [-0.25, -0.2) is 41.8 Å². The van der Waals surface area contributed by atoms with E-state index in [0.29, 0.717) is 0 Å². The Labute approximate surface area is 162 Å². The lowest BCUT2D eigenvalue weighted by Crippen LogP contribution is -3.19. The molecule has 1 unspecified atom stereocenters. The predicted octanol–water partition coefficient (Wildman–Crippen LogP) is -8.80. The molecule has 10 nitrogen and oxygen atoms in total. The van der Waals surface area contributed by atoms with Gasteiger partial charge in [0.25, 0.3) is 0 Å². The maximum Gasteiger partial charge on any atom is 0.161 e. The normalized spacial score (nSPS) is 32.9. The average molecular weight is 433 g/mol. The molecule has 2 fully saturated rings. The van der Waals surface area contributed by atoms with Crippen LogP contribution in [0.5, 0.6) is 0 Å². The highest BCUT2D eigenvalue weighted by molar-refractivity contribution is 5.83. The molecule has 2 bridgehead atoms. The number of quaternary nitrogens is 1. The Morgan fingerprint density at radius 2 is 1.48 bits per heavy atom. The third-order valence-electron chi connectivity index (χ3n) is 5.90. The van der Waals surface area contributed by atoms with Gasteiger partial charge in [0.15, 0.2) is 12.3 Å². The average Bonchev–Trinajstić information content (AvgIpc) is 2.52. The van der Waals surface area contributed by atoms with Crippen LogP contribution >= 0.6 is 0 Å². The van der Waals surface area contributed by atoms with Gasteiger partial charge in [0.1, 0.15) is 6.54 Å². The van der Waals surface area contributed by atoms with E-state index in [1.807, 2.05) is 10.6 Å². The van der Waals surface area contributed by atoms with Gasteiger partial charge in [-0.2, -0.15) is 0 Å². The van der Waals surface area contributed by atoms with Crippen LogP contribution in [-0.2, 0) is 0 Å². The Bertz CT molecular complexity index is 499. The Morgan fingerprint density at radius 3 is 2.11 bits per heavy atom. The summed E-state index contributed by atoms with van der Waals surface area (Å²) in [6, 6.07) is 1.03. The summed E-state index contributed by atoms with van der Waals surface area (Å²) in [5.74, 6) is 2.00. The van der Waals surface area contributed by atoms with Gasteiger partial charge >= 0.3 is 0 Å². The van der Waals surface area contributed by atoms with E-state index in [1.54, 1.807) is 6.42 Å². The first-order valence-corrected chi connectivity index (χ1v) is 11.6. The molecule has 0 spiro atoms. The van der Waals surface area contributed by atoms with Crippen molar-refractivity contribution >= 4 is 5.71 Å². The first-order valence-electron chi connectivity index (χ1n) is 9.10. The maximum atomic E-state index is 8.49. The Hall–Kier alpha value is -0.110. The zero-order chi connectivity index (χ0) is 20.2.